The van der Waals surface area contributed by atoms with E-state index in [4.69, 9.17) is 0 Å². The summed E-state index contributed by atoms with van der Waals surface area (Å²) in [5.41, 5.74) is 4.79. The van der Waals surface area contributed by atoms with Gasteiger partial charge in [0.2, 0.25) is 0 Å². The molecule has 2 N–H and O–H groups in total. The lowest BCUT2D eigenvalue weighted by molar-refractivity contribution is 0.371. The predicted octanol–water partition coefficient (Wildman–Crippen LogP) is 1.87. The van der Waals surface area contributed by atoms with Gasteiger partial charge < -0.3 is 10.6 Å². The fourth-order valence-electron chi connectivity index (χ4n) is 3.20. The van der Waals surface area contributed by atoms with Crippen molar-refractivity contribution in [2.75, 3.05) is 19.6 Å². The first-order valence-corrected chi connectivity index (χ1v) is 6.94. The van der Waals surface area contributed by atoms with Gasteiger partial charge in [-0.1, -0.05) is 18.2 Å². The summed E-state index contributed by atoms with van der Waals surface area (Å²) >= 11 is 0. The fraction of sp³-hybridized carbons (Fsp3) is 0.600. The Morgan fingerprint density at radius 2 is 1.94 bits per heavy atom. The van der Waals surface area contributed by atoms with Gasteiger partial charge in [-0.2, -0.15) is 0 Å². The number of benzene rings is 1. The first-order valence-electron chi connectivity index (χ1n) is 6.94. The summed E-state index contributed by atoms with van der Waals surface area (Å²) in [6, 6.07) is 6.88. The number of rotatable bonds is 2. The summed E-state index contributed by atoms with van der Waals surface area (Å²) in [5.74, 6) is 0.901. The molecule has 92 valence electrons. The van der Waals surface area contributed by atoms with E-state index >= 15 is 0 Å². The lowest BCUT2D eigenvalue weighted by atomic mass is 9.86. The molecule has 0 atom stereocenters. The minimum atomic E-state index is 0.901. The Hall–Kier alpha value is -0.860. The number of fused-ring (bicyclic) bond motifs is 1. The maximum absolute atomic E-state index is 3.46. The minimum Gasteiger partial charge on any atom is -0.317 e. The zero-order valence-electron chi connectivity index (χ0n) is 10.5. The highest BCUT2D eigenvalue weighted by molar-refractivity contribution is 5.37. The summed E-state index contributed by atoms with van der Waals surface area (Å²) in [4.78, 5) is 0. The third-order valence-corrected chi connectivity index (χ3v) is 4.20. The molecule has 3 rings (SSSR count). The van der Waals surface area contributed by atoms with Crippen LogP contribution in [0.3, 0.4) is 0 Å². The molecule has 1 saturated heterocycles. The summed E-state index contributed by atoms with van der Waals surface area (Å²) in [6.45, 7) is 4.63. The second kappa shape index (κ2) is 5.19. The Morgan fingerprint density at radius 1 is 1.06 bits per heavy atom. The lowest BCUT2D eigenvalue weighted by Crippen LogP contribution is -2.29. The molecular weight excluding hydrogens is 208 g/mol. The average molecular weight is 230 g/mol. The standard InChI is InChI=1S/C15H22N2/c1-2-13(10-12-4-7-16-8-5-12)15-6-9-17-11-14(15)3-1/h1-3,12,16-17H,4-11H2. The van der Waals surface area contributed by atoms with Crippen LogP contribution in [0.4, 0.5) is 0 Å². The molecule has 2 nitrogen and oxygen atoms in total. The molecule has 1 aromatic rings. The van der Waals surface area contributed by atoms with Crippen LogP contribution in [-0.2, 0) is 19.4 Å². The highest BCUT2D eigenvalue weighted by atomic mass is 14.9. The Bertz CT molecular complexity index is 381. The normalized spacial score (nSPS) is 21.2. The Kier molecular flexibility index (Phi) is 3.44. The van der Waals surface area contributed by atoms with Gasteiger partial charge in [-0.15, -0.1) is 0 Å². The van der Waals surface area contributed by atoms with Crippen LogP contribution < -0.4 is 10.6 Å². The molecule has 1 fully saturated rings. The molecule has 2 heterocycles. The molecule has 1 aromatic carbocycles. The van der Waals surface area contributed by atoms with E-state index in [1.165, 1.54) is 44.3 Å². The van der Waals surface area contributed by atoms with Crippen molar-refractivity contribution in [3.8, 4) is 0 Å². The average Bonchev–Trinajstić information content (AvgIpc) is 2.40. The molecule has 0 radical (unpaired) electrons. The van der Waals surface area contributed by atoms with Crippen LogP contribution in [0.5, 0.6) is 0 Å². The Labute approximate surface area is 104 Å². The third-order valence-electron chi connectivity index (χ3n) is 4.20. The second-order valence-corrected chi connectivity index (χ2v) is 5.38. The van der Waals surface area contributed by atoms with Crippen LogP contribution in [0.25, 0.3) is 0 Å². The SMILES string of the molecule is c1cc2c(c(CC3CCNCC3)c1)CCNC2. The number of hydrogen-bond acceptors (Lipinski definition) is 2. The van der Waals surface area contributed by atoms with E-state index in [1.807, 2.05) is 0 Å². The number of piperidine rings is 1. The van der Waals surface area contributed by atoms with Gasteiger partial charge in [0.05, 0.1) is 0 Å². The van der Waals surface area contributed by atoms with Gasteiger partial charge in [0.25, 0.3) is 0 Å². The van der Waals surface area contributed by atoms with Crippen LogP contribution in [0.1, 0.15) is 29.5 Å². The van der Waals surface area contributed by atoms with E-state index in [2.05, 4.69) is 28.8 Å². The van der Waals surface area contributed by atoms with Crippen LogP contribution in [-0.4, -0.2) is 19.6 Å². The van der Waals surface area contributed by atoms with E-state index in [-0.39, 0.29) is 0 Å². The first-order chi connectivity index (χ1) is 8.43. The molecule has 0 saturated carbocycles. The number of hydrogen-bond donors (Lipinski definition) is 2. The molecular formula is C15H22N2. The van der Waals surface area contributed by atoms with Crippen molar-refractivity contribution in [1.29, 1.82) is 0 Å². The topological polar surface area (TPSA) is 24.1 Å². The smallest absolute Gasteiger partial charge is 0.0208 e. The highest BCUT2D eigenvalue weighted by Gasteiger charge is 2.17. The van der Waals surface area contributed by atoms with Gasteiger partial charge in [0.1, 0.15) is 0 Å². The van der Waals surface area contributed by atoms with Crippen molar-refractivity contribution in [2.24, 2.45) is 5.92 Å². The molecule has 0 bridgehead atoms. The maximum Gasteiger partial charge on any atom is 0.0208 e. The number of nitrogens with one attached hydrogen (secondary N) is 2. The molecule has 2 heteroatoms. The van der Waals surface area contributed by atoms with Gasteiger partial charge in [-0.25, -0.2) is 0 Å². The zero-order chi connectivity index (χ0) is 11.5. The van der Waals surface area contributed by atoms with Gasteiger partial charge in [0, 0.05) is 6.54 Å². The molecule has 0 unspecified atom stereocenters. The summed E-state index contributed by atoms with van der Waals surface area (Å²) in [6.07, 6.45) is 5.21. The van der Waals surface area contributed by atoms with Gasteiger partial charge in [-0.05, 0) is 67.9 Å². The molecule has 0 aliphatic carbocycles. The van der Waals surface area contributed by atoms with Crippen molar-refractivity contribution in [1.82, 2.24) is 10.6 Å². The van der Waals surface area contributed by atoms with Crippen molar-refractivity contribution >= 4 is 0 Å². The molecule has 2 aliphatic heterocycles. The molecule has 17 heavy (non-hydrogen) atoms. The predicted molar refractivity (Wildman–Crippen MR) is 71.2 cm³/mol. The van der Waals surface area contributed by atoms with Crippen LogP contribution >= 0.6 is 0 Å². The maximum atomic E-state index is 3.46. The molecule has 0 amide bonds. The fourth-order valence-corrected chi connectivity index (χ4v) is 3.20. The monoisotopic (exact) mass is 230 g/mol. The zero-order valence-corrected chi connectivity index (χ0v) is 10.5. The molecule has 0 spiro atoms. The van der Waals surface area contributed by atoms with Crippen molar-refractivity contribution in [3.63, 3.8) is 0 Å². The summed E-state index contributed by atoms with van der Waals surface area (Å²) in [7, 11) is 0. The van der Waals surface area contributed by atoms with Crippen LogP contribution in [0, 0.1) is 5.92 Å². The van der Waals surface area contributed by atoms with Crippen LogP contribution in [0.2, 0.25) is 0 Å². The van der Waals surface area contributed by atoms with Gasteiger partial charge >= 0.3 is 0 Å². The molecule has 0 aromatic heterocycles. The highest BCUT2D eigenvalue weighted by Crippen LogP contribution is 2.24. The largest absolute Gasteiger partial charge is 0.317 e. The summed E-state index contributed by atoms with van der Waals surface area (Å²) < 4.78 is 0. The first kappa shape index (κ1) is 11.2. The van der Waals surface area contributed by atoms with Crippen molar-refractivity contribution in [2.45, 2.75) is 32.2 Å². The summed E-state index contributed by atoms with van der Waals surface area (Å²) in [5, 5.41) is 6.91. The van der Waals surface area contributed by atoms with Gasteiger partial charge in [0.15, 0.2) is 0 Å². The minimum absolute atomic E-state index is 0.901. The van der Waals surface area contributed by atoms with Crippen molar-refractivity contribution in [3.05, 3.63) is 34.9 Å². The second-order valence-electron chi connectivity index (χ2n) is 5.38. The van der Waals surface area contributed by atoms with E-state index in [9.17, 15) is 0 Å². The van der Waals surface area contributed by atoms with E-state index in [0.717, 1.165) is 19.0 Å². The Balaban J connectivity index is 1.77. The van der Waals surface area contributed by atoms with Gasteiger partial charge in [-0.3, -0.25) is 0 Å². The van der Waals surface area contributed by atoms with E-state index in [0.29, 0.717) is 0 Å². The Morgan fingerprint density at radius 3 is 2.82 bits per heavy atom. The molecule has 2 aliphatic rings. The third kappa shape index (κ3) is 2.53. The van der Waals surface area contributed by atoms with Crippen molar-refractivity contribution < 1.29 is 0 Å². The van der Waals surface area contributed by atoms with E-state index in [1.54, 1.807) is 11.1 Å². The van der Waals surface area contributed by atoms with Crippen LogP contribution in [0.15, 0.2) is 18.2 Å². The van der Waals surface area contributed by atoms with E-state index < -0.39 is 0 Å². The lowest BCUT2D eigenvalue weighted by Gasteiger charge is -2.26. The quantitative estimate of drug-likeness (QED) is 0.810.